The van der Waals surface area contributed by atoms with Gasteiger partial charge in [-0.2, -0.15) is 0 Å². The van der Waals surface area contributed by atoms with Gasteiger partial charge in [0.15, 0.2) is 5.13 Å². The molecule has 1 heterocycles. The summed E-state index contributed by atoms with van der Waals surface area (Å²) in [5.74, 6) is -0.469. The van der Waals surface area contributed by atoms with Gasteiger partial charge in [0.05, 0.1) is 20.7 Å². The summed E-state index contributed by atoms with van der Waals surface area (Å²) in [6.07, 6.45) is 0. The summed E-state index contributed by atoms with van der Waals surface area (Å²) in [6.45, 7) is 1.98. The van der Waals surface area contributed by atoms with Crippen LogP contribution in [0.25, 0.3) is 10.2 Å². The quantitative estimate of drug-likeness (QED) is 0.671. The monoisotopic (exact) mass is 425 g/mol. The van der Waals surface area contributed by atoms with Crippen molar-refractivity contribution in [1.29, 1.82) is 0 Å². The lowest BCUT2D eigenvalue weighted by Crippen LogP contribution is -2.16. The number of aromatic nitrogens is 1. The number of anilines is 1. The smallest absolute Gasteiger partial charge is 0.258 e. The highest BCUT2D eigenvalue weighted by atomic mass is 79.9. The molecule has 3 rings (SSSR count). The van der Waals surface area contributed by atoms with E-state index >= 15 is 0 Å². The molecule has 0 aliphatic rings. The molecule has 0 aliphatic heterocycles. The van der Waals surface area contributed by atoms with Gasteiger partial charge < -0.3 is 0 Å². The molecule has 1 aromatic heterocycles. The minimum absolute atomic E-state index is 0.129. The highest BCUT2D eigenvalue weighted by molar-refractivity contribution is 9.10. The van der Waals surface area contributed by atoms with Gasteiger partial charge in [-0.05, 0) is 58.7 Å². The molecule has 0 unspecified atom stereocenters. The van der Waals surface area contributed by atoms with Crippen molar-refractivity contribution in [3.05, 3.63) is 52.0 Å². The third-order valence-corrected chi connectivity index (χ3v) is 5.81. The van der Waals surface area contributed by atoms with Crippen LogP contribution in [-0.2, 0) is 10.0 Å². The number of rotatable bonds is 3. The zero-order valence-corrected chi connectivity index (χ0v) is 15.6. The third-order valence-electron chi connectivity index (χ3n) is 3.28. The number of carbonyl (C=O) groups is 1. The fourth-order valence-electron chi connectivity index (χ4n) is 2.11. The van der Waals surface area contributed by atoms with Crippen LogP contribution in [0.15, 0.2) is 45.8 Å². The standard InChI is InChI=1S/C15H12BrN3O3S2/c1-8-2-5-12-13(6-8)23-15(18-12)19-14(20)10-7-9(24(17,21)22)3-4-11(10)16/h2-7H,1H3,(H2,17,21,22)(H,18,19,20). The highest BCUT2D eigenvalue weighted by Crippen LogP contribution is 2.28. The Bertz CT molecular complexity index is 1060. The van der Waals surface area contributed by atoms with E-state index in [-0.39, 0.29) is 10.5 Å². The van der Waals surface area contributed by atoms with Gasteiger partial charge >= 0.3 is 0 Å². The maximum Gasteiger partial charge on any atom is 0.258 e. The minimum atomic E-state index is -3.89. The zero-order chi connectivity index (χ0) is 17.5. The zero-order valence-electron chi connectivity index (χ0n) is 12.4. The number of fused-ring (bicyclic) bond motifs is 1. The predicted molar refractivity (Wildman–Crippen MR) is 97.8 cm³/mol. The fourth-order valence-corrected chi connectivity index (χ4v) is 4.03. The Labute approximate surface area is 150 Å². The van der Waals surface area contributed by atoms with E-state index in [9.17, 15) is 13.2 Å². The number of sulfonamides is 1. The second-order valence-corrected chi connectivity index (χ2v) is 8.58. The van der Waals surface area contributed by atoms with Crippen molar-refractivity contribution in [3.8, 4) is 0 Å². The van der Waals surface area contributed by atoms with Crippen molar-refractivity contribution < 1.29 is 13.2 Å². The normalized spacial score (nSPS) is 11.6. The number of nitrogens with two attached hydrogens (primary N) is 1. The molecule has 0 atom stereocenters. The van der Waals surface area contributed by atoms with Crippen molar-refractivity contribution >= 4 is 58.5 Å². The summed E-state index contributed by atoms with van der Waals surface area (Å²) in [5, 5.41) is 8.24. The van der Waals surface area contributed by atoms with Crippen LogP contribution in [0.2, 0.25) is 0 Å². The number of amides is 1. The summed E-state index contributed by atoms with van der Waals surface area (Å²) in [5.41, 5.74) is 2.06. The Balaban J connectivity index is 1.94. The van der Waals surface area contributed by atoms with Gasteiger partial charge in [-0.3, -0.25) is 10.1 Å². The first-order valence-corrected chi connectivity index (χ1v) is 9.90. The van der Waals surface area contributed by atoms with Gasteiger partial charge in [-0.25, -0.2) is 18.5 Å². The summed E-state index contributed by atoms with van der Waals surface area (Å²) >= 11 is 4.59. The van der Waals surface area contributed by atoms with Gasteiger partial charge in [-0.15, -0.1) is 0 Å². The van der Waals surface area contributed by atoms with E-state index in [4.69, 9.17) is 5.14 Å². The number of benzene rings is 2. The van der Waals surface area contributed by atoms with Crippen LogP contribution < -0.4 is 10.5 Å². The number of nitrogens with zero attached hydrogens (tertiary/aromatic N) is 1. The fraction of sp³-hybridized carbons (Fsp3) is 0.0667. The highest BCUT2D eigenvalue weighted by Gasteiger charge is 2.17. The number of hydrogen-bond acceptors (Lipinski definition) is 5. The van der Waals surface area contributed by atoms with E-state index in [1.807, 2.05) is 25.1 Å². The number of thiazole rings is 1. The molecular weight excluding hydrogens is 414 g/mol. The second-order valence-electron chi connectivity index (χ2n) is 5.13. The van der Waals surface area contributed by atoms with E-state index in [0.717, 1.165) is 15.8 Å². The number of aryl methyl sites for hydroxylation is 1. The Morgan fingerprint density at radius 1 is 1.25 bits per heavy atom. The molecule has 9 heteroatoms. The Hall–Kier alpha value is -1.81. The SMILES string of the molecule is Cc1ccc2nc(NC(=O)c3cc(S(N)(=O)=O)ccc3Br)sc2c1. The van der Waals surface area contributed by atoms with Crippen LogP contribution in [0.1, 0.15) is 15.9 Å². The lowest BCUT2D eigenvalue weighted by molar-refractivity contribution is 0.102. The maximum absolute atomic E-state index is 12.4. The first-order valence-electron chi connectivity index (χ1n) is 6.75. The molecule has 0 aliphatic carbocycles. The lowest BCUT2D eigenvalue weighted by atomic mass is 10.2. The Morgan fingerprint density at radius 2 is 2.00 bits per heavy atom. The van der Waals surface area contributed by atoms with Crippen molar-refractivity contribution in [2.45, 2.75) is 11.8 Å². The number of nitrogens with one attached hydrogen (secondary N) is 1. The molecular formula is C15H12BrN3O3S2. The van der Waals surface area contributed by atoms with Crippen LogP contribution in [0.3, 0.4) is 0 Å². The van der Waals surface area contributed by atoms with Crippen LogP contribution >= 0.6 is 27.3 Å². The van der Waals surface area contributed by atoms with E-state index in [0.29, 0.717) is 9.60 Å². The Morgan fingerprint density at radius 3 is 2.71 bits per heavy atom. The van der Waals surface area contributed by atoms with Gasteiger partial charge in [-0.1, -0.05) is 17.4 Å². The van der Waals surface area contributed by atoms with Gasteiger partial charge in [0.25, 0.3) is 5.91 Å². The van der Waals surface area contributed by atoms with Crippen LogP contribution in [0.5, 0.6) is 0 Å². The second kappa shape index (κ2) is 6.25. The van der Waals surface area contributed by atoms with E-state index in [1.165, 1.54) is 29.5 Å². The average Bonchev–Trinajstić information content (AvgIpc) is 2.87. The predicted octanol–water partition coefficient (Wildman–Crippen LogP) is 3.27. The van der Waals surface area contributed by atoms with Crippen molar-refractivity contribution in [2.75, 3.05) is 5.32 Å². The molecule has 124 valence electrons. The van der Waals surface area contributed by atoms with Crippen LogP contribution in [0, 0.1) is 6.92 Å². The van der Waals surface area contributed by atoms with Crippen LogP contribution in [0.4, 0.5) is 5.13 Å². The number of hydrogen-bond donors (Lipinski definition) is 2. The molecule has 0 saturated heterocycles. The van der Waals surface area contributed by atoms with Gasteiger partial charge in [0, 0.05) is 4.47 Å². The number of primary sulfonamides is 1. The molecule has 0 fully saturated rings. The Kier molecular flexibility index (Phi) is 4.43. The molecule has 6 nitrogen and oxygen atoms in total. The largest absolute Gasteiger partial charge is 0.298 e. The molecule has 3 aromatic rings. The molecule has 24 heavy (non-hydrogen) atoms. The van der Waals surface area contributed by atoms with E-state index in [1.54, 1.807) is 0 Å². The molecule has 2 aromatic carbocycles. The molecule has 1 amide bonds. The molecule has 0 spiro atoms. The summed E-state index contributed by atoms with van der Waals surface area (Å²) < 4.78 is 24.3. The van der Waals surface area contributed by atoms with Crippen LogP contribution in [-0.4, -0.2) is 19.3 Å². The van der Waals surface area contributed by atoms with Crippen molar-refractivity contribution in [2.24, 2.45) is 5.14 Å². The van der Waals surface area contributed by atoms with Crippen molar-refractivity contribution in [3.63, 3.8) is 0 Å². The molecule has 0 saturated carbocycles. The van der Waals surface area contributed by atoms with Crippen molar-refractivity contribution in [1.82, 2.24) is 4.98 Å². The molecule has 3 N–H and O–H groups in total. The van der Waals surface area contributed by atoms with E-state index in [2.05, 4.69) is 26.2 Å². The van der Waals surface area contributed by atoms with E-state index < -0.39 is 15.9 Å². The maximum atomic E-state index is 12.4. The number of halogens is 1. The summed E-state index contributed by atoms with van der Waals surface area (Å²) in [4.78, 5) is 16.7. The first-order chi connectivity index (χ1) is 11.2. The molecule has 0 radical (unpaired) electrons. The summed E-state index contributed by atoms with van der Waals surface area (Å²) in [7, 11) is -3.89. The first kappa shape index (κ1) is 17.0. The number of carbonyl (C=O) groups excluding carboxylic acids is 1. The molecule has 0 bridgehead atoms. The lowest BCUT2D eigenvalue weighted by Gasteiger charge is -2.06. The minimum Gasteiger partial charge on any atom is -0.298 e. The van der Waals surface area contributed by atoms with Gasteiger partial charge in [0.1, 0.15) is 0 Å². The summed E-state index contributed by atoms with van der Waals surface area (Å²) in [6, 6.07) is 9.84. The third kappa shape index (κ3) is 3.48. The topological polar surface area (TPSA) is 102 Å². The van der Waals surface area contributed by atoms with Gasteiger partial charge in [0.2, 0.25) is 10.0 Å². The average molecular weight is 426 g/mol.